The van der Waals surface area contributed by atoms with Crippen LogP contribution in [0, 0.1) is 18.8 Å². The summed E-state index contributed by atoms with van der Waals surface area (Å²) in [6.45, 7) is 2.45. The largest absolute Gasteiger partial charge is 0.477 e. The number of aryl methyl sites for hydroxylation is 1. The monoisotopic (exact) mass is 491 g/mol. The molecular weight excluding hydrogens is 466 g/mol. The SMILES string of the molecule is Cc1nc(CNC(=O)C2CC2CNC(=O)OCC2c3ccccc3-c3ccccc32)sc1C(=O)O. The normalized spacial score (nSPS) is 17.9. The lowest BCUT2D eigenvalue weighted by atomic mass is 9.98. The molecule has 180 valence electrons. The number of nitrogens with one attached hydrogen (secondary N) is 2. The van der Waals surface area contributed by atoms with E-state index < -0.39 is 12.1 Å². The number of benzene rings is 2. The van der Waals surface area contributed by atoms with E-state index in [9.17, 15) is 14.4 Å². The van der Waals surface area contributed by atoms with Crippen molar-refractivity contribution in [2.24, 2.45) is 11.8 Å². The molecule has 5 rings (SSSR count). The molecule has 1 heterocycles. The number of carboxylic acid groups (broad SMARTS) is 1. The van der Waals surface area contributed by atoms with E-state index in [-0.39, 0.29) is 41.7 Å². The predicted octanol–water partition coefficient (Wildman–Crippen LogP) is 3.94. The molecule has 2 unspecified atom stereocenters. The van der Waals surface area contributed by atoms with Gasteiger partial charge in [-0.15, -0.1) is 11.3 Å². The molecule has 0 saturated heterocycles. The standard InChI is InChI=1S/C26H25N3O5S/c1-14-23(25(31)32)35-22(29-14)12-27-24(30)20-10-15(20)11-28-26(33)34-13-21-18-8-4-2-6-16(18)17-7-3-5-9-19(17)21/h2-9,15,20-21H,10-13H2,1H3,(H,27,30)(H,28,33)(H,31,32). The Morgan fingerprint density at radius 2 is 1.71 bits per heavy atom. The van der Waals surface area contributed by atoms with Crippen LogP contribution in [0.4, 0.5) is 4.79 Å². The molecule has 0 spiro atoms. The van der Waals surface area contributed by atoms with Crippen LogP contribution in [0.5, 0.6) is 0 Å². The molecule has 2 atom stereocenters. The topological polar surface area (TPSA) is 118 Å². The smallest absolute Gasteiger partial charge is 0.407 e. The van der Waals surface area contributed by atoms with Gasteiger partial charge in [0.25, 0.3) is 0 Å². The number of fused-ring (bicyclic) bond motifs is 3. The zero-order chi connectivity index (χ0) is 24.5. The number of thiazole rings is 1. The summed E-state index contributed by atoms with van der Waals surface area (Å²) in [4.78, 5) is 40.3. The molecule has 1 aromatic heterocycles. The Morgan fingerprint density at radius 1 is 1.06 bits per heavy atom. The van der Waals surface area contributed by atoms with Crippen molar-refractivity contribution in [2.75, 3.05) is 13.2 Å². The molecule has 2 aliphatic rings. The summed E-state index contributed by atoms with van der Waals surface area (Å²) >= 11 is 1.07. The number of ether oxygens (including phenoxy) is 1. The van der Waals surface area contributed by atoms with Crippen molar-refractivity contribution in [1.29, 1.82) is 0 Å². The minimum atomic E-state index is -1.01. The van der Waals surface area contributed by atoms with Crippen molar-refractivity contribution < 1.29 is 24.2 Å². The van der Waals surface area contributed by atoms with Gasteiger partial charge in [0.1, 0.15) is 16.5 Å². The van der Waals surface area contributed by atoms with Crippen LogP contribution < -0.4 is 10.6 Å². The molecule has 3 aromatic rings. The number of rotatable bonds is 8. The average molecular weight is 492 g/mol. The molecule has 35 heavy (non-hydrogen) atoms. The van der Waals surface area contributed by atoms with Crippen molar-refractivity contribution in [1.82, 2.24) is 15.6 Å². The van der Waals surface area contributed by atoms with Gasteiger partial charge < -0.3 is 20.5 Å². The number of hydrogen-bond acceptors (Lipinski definition) is 6. The number of aromatic nitrogens is 1. The highest BCUT2D eigenvalue weighted by molar-refractivity contribution is 7.13. The number of nitrogens with zero attached hydrogens (tertiary/aromatic N) is 1. The van der Waals surface area contributed by atoms with Crippen LogP contribution in [0.1, 0.15) is 43.8 Å². The first-order chi connectivity index (χ1) is 16.9. The molecule has 1 fully saturated rings. The number of amides is 2. The van der Waals surface area contributed by atoms with E-state index in [1.807, 2.05) is 24.3 Å². The number of carbonyl (C=O) groups excluding carboxylic acids is 2. The van der Waals surface area contributed by atoms with Gasteiger partial charge in [-0.1, -0.05) is 48.5 Å². The Morgan fingerprint density at radius 3 is 2.34 bits per heavy atom. The highest BCUT2D eigenvalue weighted by atomic mass is 32.1. The van der Waals surface area contributed by atoms with E-state index >= 15 is 0 Å². The van der Waals surface area contributed by atoms with Gasteiger partial charge in [-0.25, -0.2) is 14.6 Å². The Balaban J connectivity index is 1.07. The van der Waals surface area contributed by atoms with Crippen LogP contribution in [0.3, 0.4) is 0 Å². The van der Waals surface area contributed by atoms with Gasteiger partial charge in [0, 0.05) is 18.4 Å². The Kier molecular flexibility index (Phi) is 6.25. The lowest BCUT2D eigenvalue weighted by Crippen LogP contribution is -2.30. The molecule has 2 amide bonds. The van der Waals surface area contributed by atoms with Gasteiger partial charge in [0.2, 0.25) is 5.91 Å². The van der Waals surface area contributed by atoms with Crippen molar-refractivity contribution in [3.05, 3.63) is 75.2 Å². The summed E-state index contributed by atoms with van der Waals surface area (Å²) < 4.78 is 5.55. The van der Waals surface area contributed by atoms with Gasteiger partial charge in [-0.05, 0) is 41.5 Å². The first-order valence-corrected chi connectivity index (χ1v) is 12.3. The maximum atomic E-state index is 12.4. The maximum absolute atomic E-state index is 12.4. The second kappa shape index (κ2) is 9.50. The molecule has 0 bridgehead atoms. The van der Waals surface area contributed by atoms with Gasteiger partial charge in [0.15, 0.2) is 0 Å². The van der Waals surface area contributed by atoms with E-state index in [0.29, 0.717) is 23.7 Å². The van der Waals surface area contributed by atoms with Crippen LogP contribution in [0.15, 0.2) is 48.5 Å². The minimum absolute atomic E-state index is 0.00346. The third-order valence-electron chi connectivity index (χ3n) is 6.56. The summed E-state index contributed by atoms with van der Waals surface area (Å²) in [5.41, 5.74) is 5.12. The minimum Gasteiger partial charge on any atom is -0.477 e. The number of carboxylic acids is 1. The second-order valence-electron chi connectivity index (χ2n) is 8.85. The fraction of sp³-hybridized carbons (Fsp3) is 0.308. The average Bonchev–Trinajstić information content (AvgIpc) is 3.44. The maximum Gasteiger partial charge on any atom is 0.407 e. The summed E-state index contributed by atoms with van der Waals surface area (Å²) in [5.74, 6) is -1.25. The van der Waals surface area contributed by atoms with Gasteiger partial charge in [-0.2, -0.15) is 0 Å². The summed E-state index contributed by atoms with van der Waals surface area (Å²) in [6.07, 6.45) is 0.199. The lowest BCUT2D eigenvalue weighted by molar-refractivity contribution is -0.122. The van der Waals surface area contributed by atoms with E-state index in [4.69, 9.17) is 9.84 Å². The summed E-state index contributed by atoms with van der Waals surface area (Å²) in [5, 5.41) is 15.3. The number of aromatic carboxylic acids is 1. The van der Waals surface area contributed by atoms with Crippen LogP contribution in [0.25, 0.3) is 11.1 Å². The summed E-state index contributed by atoms with van der Waals surface area (Å²) in [6, 6.07) is 16.3. The zero-order valence-corrected chi connectivity index (χ0v) is 19.9. The van der Waals surface area contributed by atoms with Gasteiger partial charge >= 0.3 is 12.1 Å². The number of alkyl carbamates (subject to hydrolysis) is 1. The fourth-order valence-electron chi connectivity index (χ4n) is 4.68. The first kappa shape index (κ1) is 23.0. The Bertz CT molecular complexity index is 1260. The molecule has 2 aromatic carbocycles. The zero-order valence-electron chi connectivity index (χ0n) is 19.1. The summed E-state index contributed by atoms with van der Waals surface area (Å²) in [7, 11) is 0. The highest BCUT2D eigenvalue weighted by Gasteiger charge is 2.43. The molecule has 1 saturated carbocycles. The van der Waals surface area contributed by atoms with E-state index in [1.54, 1.807) is 6.92 Å². The third-order valence-corrected chi connectivity index (χ3v) is 7.71. The third kappa shape index (κ3) is 4.77. The lowest BCUT2D eigenvalue weighted by Gasteiger charge is -2.14. The highest BCUT2D eigenvalue weighted by Crippen LogP contribution is 2.44. The van der Waals surface area contributed by atoms with E-state index in [1.165, 1.54) is 11.1 Å². The van der Waals surface area contributed by atoms with Gasteiger partial charge in [-0.3, -0.25) is 4.79 Å². The molecule has 0 aliphatic heterocycles. The van der Waals surface area contributed by atoms with Crippen LogP contribution in [-0.2, 0) is 16.1 Å². The quantitative estimate of drug-likeness (QED) is 0.439. The number of carbonyl (C=O) groups is 3. The van der Waals surface area contributed by atoms with E-state index in [0.717, 1.165) is 22.5 Å². The molecule has 3 N–H and O–H groups in total. The van der Waals surface area contributed by atoms with E-state index in [2.05, 4.69) is 39.9 Å². The molecule has 0 radical (unpaired) electrons. The Hall–Kier alpha value is -3.72. The van der Waals surface area contributed by atoms with Crippen LogP contribution >= 0.6 is 11.3 Å². The second-order valence-corrected chi connectivity index (χ2v) is 9.94. The molecule has 2 aliphatic carbocycles. The molecular formula is C26H25N3O5S. The molecule has 8 nitrogen and oxygen atoms in total. The van der Waals surface area contributed by atoms with Crippen molar-refractivity contribution in [3.63, 3.8) is 0 Å². The first-order valence-electron chi connectivity index (χ1n) is 11.5. The Labute approximate surface area is 206 Å². The predicted molar refractivity (Wildman–Crippen MR) is 130 cm³/mol. The van der Waals surface area contributed by atoms with Crippen LogP contribution in [-0.4, -0.2) is 41.2 Å². The van der Waals surface area contributed by atoms with Gasteiger partial charge in [0.05, 0.1) is 12.2 Å². The molecule has 9 heteroatoms. The fourth-order valence-corrected chi connectivity index (χ4v) is 5.52. The van der Waals surface area contributed by atoms with Crippen molar-refractivity contribution in [3.8, 4) is 11.1 Å². The van der Waals surface area contributed by atoms with Crippen molar-refractivity contribution >= 4 is 29.3 Å². The van der Waals surface area contributed by atoms with Crippen LogP contribution in [0.2, 0.25) is 0 Å². The number of hydrogen-bond donors (Lipinski definition) is 3. The van der Waals surface area contributed by atoms with Crippen molar-refractivity contribution in [2.45, 2.75) is 25.8 Å².